The maximum Gasteiger partial charge on any atom is 0.105 e. The van der Waals surface area contributed by atoms with E-state index in [1.165, 1.54) is 0 Å². The molecule has 0 fully saturated rings. The molecule has 0 heterocycles. The molecule has 0 aliphatic heterocycles. The first-order valence-corrected chi connectivity index (χ1v) is 5.51. The molecule has 0 saturated carbocycles. The van der Waals surface area contributed by atoms with Crippen molar-refractivity contribution in [3.63, 3.8) is 0 Å². The van der Waals surface area contributed by atoms with E-state index in [4.69, 9.17) is 4.74 Å². The third-order valence-corrected chi connectivity index (χ3v) is 2.47. The SMILES string of the molecule is CCOC(C(C)C)C(O)c1ccccc1. The van der Waals surface area contributed by atoms with E-state index >= 15 is 0 Å². The van der Waals surface area contributed by atoms with Crippen molar-refractivity contribution < 1.29 is 9.84 Å². The quantitative estimate of drug-likeness (QED) is 0.806. The lowest BCUT2D eigenvalue weighted by molar-refractivity contribution is -0.0585. The smallest absolute Gasteiger partial charge is 0.105 e. The van der Waals surface area contributed by atoms with Crippen molar-refractivity contribution >= 4 is 0 Å². The molecule has 0 amide bonds. The van der Waals surface area contributed by atoms with Gasteiger partial charge in [-0.05, 0) is 18.4 Å². The lowest BCUT2D eigenvalue weighted by Gasteiger charge is -2.26. The number of hydrogen-bond acceptors (Lipinski definition) is 2. The maximum atomic E-state index is 10.2. The first kappa shape index (κ1) is 12.2. The fraction of sp³-hybridized carbons (Fsp3) is 0.538. The highest BCUT2D eigenvalue weighted by atomic mass is 16.5. The van der Waals surface area contributed by atoms with Crippen LogP contribution >= 0.6 is 0 Å². The normalized spacial score (nSPS) is 15.3. The van der Waals surface area contributed by atoms with Gasteiger partial charge in [-0.3, -0.25) is 0 Å². The van der Waals surface area contributed by atoms with E-state index in [0.29, 0.717) is 12.5 Å². The predicted molar refractivity (Wildman–Crippen MR) is 61.7 cm³/mol. The zero-order chi connectivity index (χ0) is 11.3. The molecular weight excluding hydrogens is 188 g/mol. The minimum atomic E-state index is -0.536. The van der Waals surface area contributed by atoms with Gasteiger partial charge in [-0.2, -0.15) is 0 Å². The Kier molecular flexibility index (Phi) is 4.79. The summed E-state index contributed by atoms with van der Waals surface area (Å²) in [4.78, 5) is 0. The number of rotatable bonds is 5. The highest BCUT2D eigenvalue weighted by Gasteiger charge is 2.23. The minimum absolute atomic E-state index is 0.127. The summed E-state index contributed by atoms with van der Waals surface area (Å²) in [6.07, 6.45) is -0.663. The van der Waals surface area contributed by atoms with E-state index in [9.17, 15) is 5.11 Å². The Labute approximate surface area is 91.9 Å². The van der Waals surface area contributed by atoms with Crippen molar-refractivity contribution in [2.75, 3.05) is 6.61 Å². The van der Waals surface area contributed by atoms with Crippen LogP contribution in [0.2, 0.25) is 0 Å². The molecule has 1 aromatic carbocycles. The zero-order valence-corrected chi connectivity index (χ0v) is 9.68. The Hall–Kier alpha value is -0.860. The second kappa shape index (κ2) is 5.89. The molecule has 0 spiro atoms. The average molecular weight is 208 g/mol. The molecule has 2 unspecified atom stereocenters. The molecule has 15 heavy (non-hydrogen) atoms. The second-order valence-electron chi connectivity index (χ2n) is 4.02. The highest BCUT2D eigenvalue weighted by molar-refractivity contribution is 5.18. The van der Waals surface area contributed by atoms with Crippen molar-refractivity contribution in [1.82, 2.24) is 0 Å². The molecule has 2 atom stereocenters. The van der Waals surface area contributed by atoms with Gasteiger partial charge in [-0.25, -0.2) is 0 Å². The molecule has 2 heteroatoms. The first-order valence-electron chi connectivity index (χ1n) is 5.51. The molecule has 0 radical (unpaired) electrons. The van der Waals surface area contributed by atoms with Gasteiger partial charge >= 0.3 is 0 Å². The summed E-state index contributed by atoms with van der Waals surface area (Å²) in [5, 5.41) is 10.2. The van der Waals surface area contributed by atoms with Crippen LogP contribution in [0.3, 0.4) is 0 Å². The molecule has 1 aromatic rings. The Bertz CT molecular complexity index is 269. The molecule has 0 aliphatic rings. The third-order valence-electron chi connectivity index (χ3n) is 2.47. The Morgan fingerprint density at radius 3 is 2.27 bits per heavy atom. The molecular formula is C13H20O2. The zero-order valence-electron chi connectivity index (χ0n) is 9.68. The summed E-state index contributed by atoms with van der Waals surface area (Å²) < 4.78 is 5.57. The van der Waals surface area contributed by atoms with E-state index in [1.54, 1.807) is 0 Å². The standard InChI is InChI=1S/C13H20O2/c1-4-15-13(10(2)3)12(14)11-8-6-5-7-9-11/h5-10,12-14H,4H2,1-3H3. The predicted octanol–water partition coefficient (Wildman–Crippen LogP) is 2.78. The number of aliphatic hydroxyl groups excluding tert-OH is 1. The van der Waals surface area contributed by atoms with Crippen molar-refractivity contribution in [2.24, 2.45) is 5.92 Å². The summed E-state index contributed by atoms with van der Waals surface area (Å²) in [6.45, 7) is 6.71. The van der Waals surface area contributed by atoms with Crippen LogP contribution in [0.1, 0.15) is 32.4 Å². The summed E-state index contributed by atoms with van der Waals surface area (Å²) in [7, 11) is 0. The van der Waals surface area contributed by atoms with Gasteiger partial charge in [0.05, 0.1) is 6.10 Å². The van der Waals surface area contributed by atoms with Gasteiger partial charge in [0.1, 0.15) is 6.10 Å². The van der Waals surface area contributed by atoms with Crippen LogP contribution < -0.4 is 0 Å². The molecule has 0 bridgehead atoms. The minimum Gasteiger partial charge on any atom is -0.386 e. The average Bonchev–Trinajstić information content (AvgIpc) is 2.26. The summed E-state index contributed by atoms with van der Waals surface area (Å²) >= 11 is 0. The number of ether oxygens (including phenoxy) is 1. The highest BCUT2D eigenvalue weighted by Crippen LogP contribution is 2.24. The fourth-order valence-corrected chi connectivity index (χ4v) is 1.68. The largest absolute Gasteiger partial charge is 0.386 e. The summed E-state index contributed by atoms with van der Waals surface area (Å²) in [6, 6.07) is 9.67. The van der Waals surface area contributed by atoms with Crippen LogP contribution in [0.5, 0.6) is 0 Å². The molecule has 0 aromatic heterocycles. The molecule has 0 saturated heterocycles. The lowest BCUT2D eigenvalue weighted by Crippen LogP contribution is -2.27. The summed E-state index contributed by atoms with van der Waals surface area (Å²) in [5.74, 6) is 0.306. The van der Waals surface area contributed by atoms with E-state index < -0.39 is 6.10 Å². The molecule has 0 aliphatic carbocycles. The van der Waals surface area contributed by atoms with Gasteiger partial charge in [-0.1, -0.05) is 44.2 Å². The molecule has 1 N–H and O–H groups in total. The first-order chi connectivity index (χ1) is 7.16. The second-order valence-corrected chi connectivity index (χ2v) is 4.02. The van der Waals surface area contributed by atoms with E-state index in [2.05, 4.69) is 13.8 Å². The van der Waals surface area contributed by atoms with Crippen LogP contribution in [-0.4, -0.2) is 17.8 Å². The van der Waals surface area contributed by atoms with Gasteiger partial charge < -0.3 is 9.84 Å². The monoisotopic (exact) mass is 208 g/mol. The van der Waals surface area contributed by atoms with E-state index in [-0.39, 0.29) is 6.10 Å². The lowest BCUT2D eigenvalue weighted by atomic mass is 9.96. The van der Waals surface area contributed by atoms with Gasteiger partial charge in [0.25, 0.3) is 0 Å². The molecule has 1 rings (SSSR count). The third kappa shape index (κ3) is 3.33. The van der Waals surface area contributed by atoms with Crippen molar-refractivity contribution in [3.05, 3.63) is 35.9 Å². The van der Waals surface area contributed by atoms with Gasteiger partial charge in [0.15, 0.2) is 0 Å². The van der Waals surface area contributed by atoms with Crippen LogP contribution in [-0.2, 0) is 4.74 Å². The van der Waals surface area contributed by atoms with E-state index in [0.717, 1.165) is 5.56 Å². The summed E-state index contributed by atoms with van der Waals surface area (Å²) in [5.41, 5.74) is 0.921. The molecule has 2 nitrogen and oxygen atoms in total. The Morgan fingerprint density at radius 2 is 1.80 bits per heavy atom. The van der Waals surface area contributed by atoms with Crippen molar-refractivity contribution in [1.29, 1.82) is 0 Å². The van der Waals surface area contributed by atoms with Crippen LogP contribution in [0.4, 0.5) is 0 Å². The van der Waals surface area contributed by atoms with Gasteiger partial charge in [0.2, 0.25) is 0 Å². The number of aliphatic hydroxyl groups is 1. The van der Waals surface area contributed by atoms with Crippen molar-refractivity contribution in [2.45, 2.75) is 33.0 Å². The Morgan fingerprint density at radius 1 is 1.20 bits per heavy atom. The van der Waals surface area contributed by atoms with Crippen molar-refractivity contribution in [3.8, 4) is 0 Å². The topological polar surface area (TPSA) is 29.5 Å². The fourth-order valence-electron chi connectivity index (χ4n) is 1.68. The van der Waals surface area contributed by atoms with Gasteiger partial charge in [0, 0.05) is 6.61 Å². The Balaban J connectivity index is 2.76. The van der Waals surface area contributed by atoms with E-state index in [1.807, 2.05) is 37.3 Å². The number of benzene rings is 1. The van der Waals surface area contributed by atoms with Crippen LogP contribution in [0.25, 0.3) is 0 Å². The maximum absolute atomic E-state index is 10.2. The number of hydrogen-bond donors (Lipinski definition) is 1. The van der Waals surface area contributed by atoms with Gasteiger partial charge in [-0.15, -0.1) is 0 Å². The van der Waals surface area contributed by atoms with Crippen LogP contribution in [0.15, 0.2) is 30.3 Å². The molecule has 84 valence electrons. The van der Waals surface area contributed by atoms with Crippen LogP contribution in [0, 0.1) is 5.92 Å².